The zero-order chi connectivity index (χ0) is 26.6. The van der Waals surface area contributed by atoms with Gasteiger partial charge >= 0.3 is 6.09 Å². The van der Waals surface area contributed by atoms with Gasteiger partial charge in [0, 0.05) is 6.07 Å². The lowest BCUT2D eigenvalue weighted by molar-refractivity contribution is 0.134. The number of nitrogens with one attached hydrogen (secondary N) is 2. The maximum Gasteiger partial charge on any atom is 0.407 e. The van der Waals surface area contributed by atoms with E-state index in [4.69, 9.17) is 4.74 Å². The number of halogens is 2. The number of benzene rings is 2. The minimum absolute atomic E-state index is 0.00781. The van der Waals surface area contributed by atoms with Crippen LogP contribution in [-0.2, 0) is 21.2 Å². The fourth-order valence-corrected chi connectivity index (χ4v) is 6.09. The zero-order valence-electron chi connectivity index (χ0n) is 21.3. The molecule has 0 aliphatic heterocycles. The molecule has 9 heteroatoms. The number of ether oxygens (including phenoxy) is 1. The molecule has 0 heterocycles. The Morgan fingerprint density at radius 2 is 1.64 bits per heavy atom. The molecule has 0 aliphatic rings. The molecular weight excluding hydrogens is 486 g/mol. The summed E-state index contributed by atoms with van der Waals surface area (Å²) >= 11 is 0. The molecule has 36 heavy (non-hydrogen) atoms. The predicted molar refractivity (Wildman–Crippen MR) is 138 cm³/mol. The number of carbonyl (C=O) groups is 1. The third-order valence-electron chi connectivity index (χ3n) is 5.79. The number of alkyl carbamates (subject to hydrolysis) is 1. The van der Waals surface area contributed by atoms with Crippen LogP contribution < -0.4 is 10.6 Å². The number of unbranched alkanes of at least 4 members (excludes halogenated alkanes) is 1. The van der Waals surface area contributed by atoms with Gasteiger partial charge in [-0.05, 0) is 61.5 Å². The number of carbonyl (C=O) groups excluding carboxylic acids is 1. The van der Waals surface area contributed by atoms with Gasteiger partial charge in [-0.25, -0.2) is 22.0 Å². The molecule has 0 bridgehead atoms. The topological polar surface area (TPSA) is 84.5 Å². The Labute approximate surface area is 213 Å². The van der Waals surface area contributed by atoms with Gasteiger partial charge in [0.15, 0.2) is 9.84 Å². The summed E-state index contributed by atoms with van der Waals surface area (Å²) < 4.78 is 60.5. The van der Waals surface area contributed by atoms with Gasteiger partial charge in [-0.3, -0.25) is 0 Å². The third-order valence-corrected chi connectivity index (χ3v) is 8.03. The molecule has 2 aromatic rings. The standard InChI is InChI=1S/C27H38F2N2O4S/c1-4-5-15-36(33,34)26(22-16-23(28)18-24(29)17-22)25(12-14-30-13-11-20(2)3)31-27(32)35-19-21-9-7-6-8-10-21/h6-10,16-18,20,25-26,30H,4-5,11-15,19H2,1-3H3,(H,31,32)/t25-,26?/m0/s1. The number of amides is 1. The first-order chi connectivity index (χ1) is 17.1. The smallest absolute Gasteiger partial charge is 0.407 e. The lowest BCUT2D eigenvalue weighted by Crippen LogP contribution is -2.44. The Bertz CT molecular complexity index is 1030. The fraction of sp³-hybridized carbons (Fsp3) is 0.519. The van der Waals surface area contributed by atoms with Crippen molar-refractivity contribution in [2.45, 2.75) is 64.4 Å². The van der Waals surface area contributed by atoms with Crippen LogP contribution in [0.3, 0.4) is 0 Å². The minimum atomic E-state index is -3.87. The van der Waals surface area contributed by atoms with Crippen LogP contribution in [-0.4, -0.2) is 39.4 Å². The molecule has 0 aliphatic carbocycles. The van der Waals surface area contributed by atoms with Crippen LogP contribution >= 0.6 is 0 Å². The normalized spacial score (nSPS) is 13.4. The summed E-state index contributed by atoms with van der Waals surface area (Å²) in [6, 6.07) is 10.9. The quantitative estimate of drug-likeness (QED) is 0.299. The van der Waals surface area contributed by atoms with Crippen molar-refractivity contribution >= 4 is 15.9 Å². The van der Waals surface area contributed by atoms with Crippen molar-refractivity contribution in [3.8, 4) is 0 Å². The van der Waals surface area contributed by atoms with Crippen LogP contribution in [0.4, 0.5) is 13.6 Å². The van der Waals surface area contributed by atoms with E-state index in [9.17, 15) is 22.0 Å². The maximum absolute atomic E-state index is 14.1. The van der Waals surface area contributed by atoms with E-state index in [0.29, 0.717) is 31.4 Å². The molecule has 0 saturated heterocycles. The van der Waals surface area contributed by atoms with Gasteiger partial charge in [0.25, 0.3) is 0 Å². The molecule has 2 N–H and O–H groups in total. The monoisotopic (exact) mass is 524 g/mol. The summed E-state index contributed by atoms with van der Waals surface area (Å²) in [5.74, 6) is -1.41. The van der Waals surface area contributed by atoms with Crippen molar-refractivity contribution in [2.24, 2.45) is 5.92 Å². The summed E-state index contributed by atoms with van der Waals surface area (Å²) in [7, 11) is -3.87. The van der Waals surface area contributed by atoms with Gasteiger partial charge in [0.05, 0.1) is 11.8 Å². The van der Waals surface area contributed by atoms with Crippen molar-refractivity contribution in [1.82, 2.24) is 10.6 Å². The Morgan fingerprint density at radius 1 is 1.00 bits per heavy atom. The van der Waals surface area contributed by atoms with Crippen LogP contribution in [0.15, 0.2) is 48.5 Å². The van der Waals surface area contributed by atoms with Gasteiger partial charge < -0.3 is 15.4 Å². The maximum atomic E-state index is 14.1. The lowest BCUT2D eigenvalue weighted by Gasteiger charge is -2.28. The van der Waals surface area contributed by atoms with Crippen molar-refractivity contribution < 1.29 is 26.7 Å². The summed E-state index contributed by atoms with van der Waals surface area (Å²) in [4.78, 5) is 12.7. The first kappa shape index (κ1) is 29.7. The molecular formula is C27H38F2N2O4S. The Morgan fingerprint density at radius 3 is 2.25 bits per heavy atom. The first-order valence-electron chi connectivity index (χ1n) is 12.5. The Kier molecular flexibility index (Phi) is 12.3. The molecule has 2 aromatic carbocycles. The van der Waals surface area contributed by atoms with Gasteiger partial charge in [0.2, 0.25) is 0 Å². The number of hydrogen-bond acceptors (Lipinski definition) is 5. The van der Waals surface area contributed by atoms with Crippen LogP contribution in [0.2, 0.25) is 0 Å². The van der Waals surface area contributed by atoms with E-state index in [1.54, 1.807) is 12.1 Å². The van der Waals surface area contributed by atoms with E-state index in [2.05, 4.69) is 24.5 Å². The van der Waals surface area contributed by atoms with Gasteiger partial charge in [-0.15, -0.1) is 0 Å². The Balaban J connectivity index is 2.31. The molecule has 6 nitrogen and oxygen atoms in total. The average Bonchev–Trinajstić information content (AvgIpc) is 2.81. The summed E-state index contributed by atoms with van der Waals surface area (Å²) in [6.45, 7) is 7.21. The zero-order valence-corrected chi connectivity index (χ0v) is 22.1. The molecule has 0 aromatic heterocycles. The lowest BCUT2D eigenvalue weighted by atomic mass is 10.0. The van der Waals surface area contributed by atoms with Gasteiger partial charge in [-0.1, -0.05) is 57.5 Å². The number of hydrogen-bond donors (Lipinski definition) is 2. The molecule has 0 fully saturated rings. The van der Waals surface area contributed by atoms with Crippen molar-refractivity contribution in [3.63, 3.8) is 0 Å². The molecule has 200 valence electrons. The van der Waals surface area contributed by atoms with Crippen molar-refractivity contribution in [2.75, 3.05) is 18.8 Å². The molecule has 1 unspecified atom stereocenters. The van der Waals surface area contributed by atoms with Crippen LogP contribution in [0.5, 0.6) is 0 Å². The minimum Gasteiger partial charge on any atom is -0.445 e. The Hall–Kier alpha value is -2.52. The highest BCUT2D eigenvalue weighted by Crippen LogP contribution is 2.31. The molecule has 0 radical (unpaired) electrons. The second-order valence-corrected chi connectivity index (χ2v) is 11.6. The average molecular weight is 525 g/mol. The van der Waals surface area contributed by atoms with E-state index in [1.807, 2.05) is 25.1 Å². The van der Waals surface area contributed by atoms with E-state index >= 15 is 0 Å². The summed E-state index contributed by atoms with van der Waals surface area (Å²) in [6.07, 6.45) is 1.40. The SMILES string of the molecule is CCCCS(=O)(=O)C(c1cc(F)cc(F)c1)[C@H](CCNCCC(C)C)NC(=O)OCc1ccccc1. The van der Waals surface area contributed by atoms with E-state index in [-0.39, 0.29) is 24.3 Å². The summed E-state index contributed by atoms with van der Waals surface area (Å²) in [5, 5.41) is 4.62. The number of sulfone groups is 1. The van der Waals surface area contributed by atoms with E-state index in [0.717, 1.165) is 30.7 Å². The van der Waals surface area contributed by atoms with Gasteiger partial charge in [0.1, 0.15) is 23.5 Å². The van der Waals surface area contributed by atoms with Crippen molar-refractivity contribution in [1.29, 1.82) is 0 Å². The highest BCUT2D eigenvalue weighted by molar-refractivity contribution is 7.91. The molecule has 2 atom stereocenters. The molecule has 2 rings (SSSR count). The van der Waals surface area contributed by atoms with E-state index in [1.165, 1.54) is 0 Å². The highest BCUT2D eigenvalue weighted by Gasteiger charge is 2.36. The summed E-state index contributed by atoms with van der Waals surface area (Å²) in [5.41, 5.74) is 0.748. The second kappa shape index (κ2) is 14.9. The molecule has 0 spiro atoms. The highest BCUT2D eigenvalue weighted by atomic mass is 32.2. The first-order valence-corrected chi connectivity index (χ1v) is 14.2. The van der Waals surface area contributed by atoms with Crippen LogP contribution in [0, 0.1) is 17.6 Å². The van der Waals surface area contributed by atoms with E-state index < -0.39 is 38.9 Å². The number of rotatable bonds is 15. The van der Waals surface area contributed by atoms with Crippen LogP contribution in [0.25, 0.3) is 0 Å². The predicted octanol–water partition coefficient (Wildman–Crippen LogP) is 5.54. The molecule has 1 amide bonds. The van der Waals surface area contributed by atoms with Gasteiger partial charge in [-0.2, -0.15) is 0 Å². The van der Waals surface area contributed by atoms with Crippen LogP contribution in [0.1, 0.15) is 62.8 Å². The molecule has 0 saturated carbocycles. The third kappa shape index (κ3) is 10.2. The fourth-order valence-electron chi connectivity index (χ4n) is 3.89. The largest absolute Gasteiger partial charge is 0.445 e. The second-order valence-electron chi connectivity index (χ2n) is 9.38. The van der Waals surface area contributed by atoms with Crippen molar-refractivity contribution in [3.05, 3.63) is 71.3 Å².